The number of phenolic OH excluding ortho intramolecular Hbond substituents is 2. The summed E-state index contributed by atoms with van der Waals surface area (Å²) >= 11 is -5.71. The fraction of sp³-hybridized carbons (Fsp3) is 0. The van der Waals surface area contributed by atoms with E-state index in [2.05, 4.69) is 30.4 Å². The number of pyridine rings is 2. The lowest BCUT2D eigenvalue weighted by atomic mass is 10.1. The molecule has 0 amide bonds. The quantitative estimate of drug-likeness (QED) is 0.0521. The molecule has 0 aliphatic heterocycles. The molecule has 0 saturated heterocycles. The monoisotopic (exact) mass is 808 g/mol. The predicted octanol–water partition coefficient (Wildman–Crippen LogP) is 6.16. The lowest BCUT2D eigenvalue weighted by Crippen LogP contribution is -1.99. The van der Waals surface area contributed by atoms with E-state index in [0.29, 0.717) is 0 Å². The molecule has 54 heavy (non-hydrogen) atoms. The summed E-state index contributed by atoms with van der Waals surface area (Å²) in [6.45, 7) is 0. The van der Waals surface area contributed by atoms with Crippen LogP contribution in [0.5, 0.6) is 11.5 Å². The topological polar surface area (TPSA) is 305 Å². The maximum Gasteiger partial charge on any atom is 0.295 e. The first-order chi connectivity index (χ1) is 25.5. The number of rotatable bonds is 10. The van der Waals surface area contributed by atoms with Crippen molar-refractivity contribution in [3.05, 3.63) is 96.3 Å². The van der Waals surface area contributed by atoms with Crippen LogP contribution >= 0.6 is 0 Å². The number of phenols is 2. The molecule has 0 bridgehead atoms. The molecule has 22 heteroatoms. The van der Waals surface area contributed by atoms with Crippen molar-refractivity contribution in [2.24, 2.45) is 20.5 Å². The standard InChI is InChI=1S/C32H22N6O12S4/c39-31-23(15-27(53(45,46)47)21-3-1-11-33-29(21)31)37-35-19-9-7-17(25(13-19)51(41)42)5-6-18-8-10-20(14-26(18)52(43)44)36-38-24-16-28(54(48,49)50)22-4-2-12-34-30(22)32(24)40/h1-16,39-40H,(H,41,42)(H,43,44)(H,45,46,47)(H,48,49,50)/p-2/b6-5+,37-35?,38-36?. The summed E-state index contributed by atoms with van der Waals surface area (Å²) in [4.78, 5) is 6.08. The minimum absolute atomic E-state index is 0.0479. The molecule has 0 saturated carbocycles. The van der Waals surface area contributed by atoms with Crippen LogP contribution in [0.4, 0.5) is 22.7 Å². The molecule has 6 rings (SSSR count). The third-order valence-electron chi connectivity index (χ3n) is 7.51. The Labute approximate surface area is 309 Å². The van der Waals surface area contributed by atoms with Gasteiger partial charge in [0.1, 0.15) is 32.2 Å². The van der Waals surface area contributed by atoms with Gasteiger partial charge in [-0.05, 0) is 94.0 Å². The summed E-state index contributed by atoms with van der Waals surface area (Å²) in [5.41, 5.74) is -1.06. The average molecular weight is 809 g/mol. The molecular formula is C32H20N6O12S4-2. The molecule has 0 aliphatic carbocycles. The average Bonchev–Trinajstić information content (AvgIpc) is 3.12. The highest BCUT2D eigenvalue weighted by molar-refractivity contribution is 7.86. The SMILES string of the molecule is O=S([O-])c1cc(N=Nc2cc(S(=O)(=O)O)c3cccnc3c2O)ccc1/C=C/c1ccc(N=Nc2cc(S(=O)(=O)O)c3cccnc3c2O)cc1S(=O)[O-]. The van der Waals surface area contributed by atoms with Crippen molar-refractivity contribution < 1.29 is 53.7 Å². The first-order valence-corrected chi connectivity index (χ1v) is 19.7. The molecule has 2 aromatic heterocycles. The Morgan fingerprint density at radius 2 is 0.981 bits per heavy atom. The molecule has 0 fully saturated rings. The van der Waals surface area contributed by atoms with Gasteiger partial charge in [-0.3, -0.25) is 27.5 Å². The Morgan fingerprint density at radius 3 is 1.33 bits per heavy atom. The third kappa shape index (κ3) is 7.95. The molecule has 2 heterocycles. The molecule has 6 aromatic rings. The van der Waals surface area contributed by atoms with Crippen LogP contribution < -0.4 is 0 Å². The fourth-order valence-corrected chi connectivity index (χ4v) is 7.58. The van der Waals surface area contributed by atoms with Crippen LogP contribution in [0, 0.1) is 0 Å². The van der Waals surface area contributed by atoms with Gasteiger partial charge in [0, 0.05) is 33.0 Å². The zero-order valence-corrected chi connectivity index (χ0v) is 29.9. The molecule has 4 N–H and O–H groups in total. The Balaban J connectivity index is 1.30. The van der Waals surface area contributed by atoms with Crippen molar-refractivity contribution in [3.63, 3.8) is 0 Å². The van der Waals surface area contributed by atoms with Crippen LogP contribution in [-0.4, -0.2) is 63.6 Å². The molecule has 0 aliphatic rings. The van der Waals surface area contributed by atoms with E-state index in [1.807, 2.05) is 0 Å². The Bertz CT molecular complexity index is 2690. The van der Waals surface area contributed by atoms with Gasteiger partial charge in [-0.15, -0.1) is 10.2 Å². The highest BCUT2D eigenvalue weighted by atomic mass is 32.2. The van der Waals surface area contributed by atoms with Gasteiger partial charge in [0.25, 0.3) is 20.2 Å². The zero-order valence-electron chi connectivity index (χ0n) is 26.6. The van der Waals surface area contributed by atoms with E-state index in [0.717, 1.165) is 24.3 Å². The molecular weight excluding hydrogens is 789 g/mol. The second kappa shape index (κ2) is 15.0. The van der Waals surface area contributed by atoms with Gasteiger partial charge in [0.05, 0.1) is 11.4 Å². The Hall–Kier alpha value is -5.72. The lowest BCUT2D eigenvalue weighted by molar-refractivity contribution is 0.476. The van der Waals surface area contributed by atoms with E-state index in [1.54, 1.807) is 0 Å². The molecule has 4 aromatic carbocycles. The number of aromatic nitrogens is 2. The second-order valence-corrected chi connectivity index (χ2v) is 15.5. The molecule has 2 unspecified atom stereocenters. The Morgan fingerprint density at radius 1 is 0.593 bits per heavy atom. The smallest absolute Gasteiger partial charge is 0.295 e. The van der Waals surface area contributed by atoms with E-state index >= 15 is 0 Å². The normalized spacial score (nSPS) is 13.8. The summed E-state index contributed by atoms with van der Waals surface area (Å²) < 4.78 is 116. The van der Waals surface area contributed by atoms with Crippen LogP contribution in [0.25, 0.3) is 34.0 Å². The third-order valence-corrected chi connectivity index (χ3v) is 10.7. The molecule has 0 spiro atoms. The molecule has 18 nitrogen and oxygen atoms in total. The van der Waals surface area contributed by atoms with Gasteiger partial charge < -0.3 is 19.3 Å². The number of azo groups is 2. The highest BCUT2D eigenvalue weighted by Crippen LogP contribution is 2.40. The van der Waals surface area contributed by atoms with Crippen molar-refractivity contribution in [3.8, 4) is 11.5 Å². The maximum atomic E-state index is 12.2. The number of hydrogen-bond donors (Lipinski definition) is 4. The van der Waals surface area contributed by atoms with Gasteiger partial charge in [-0.2, -0.15) is 27.1 Å². The predicted molar refractivity (Wildman–Crippen MR) is 191 cm³/mol. The van der Waals surface area contributed by atoms with Crippen LogP contribution in [0.15, 0.2) is 125 Å². The van der Waals surface area contributed by atoms with E-state index < -0.39 is 75.1 Å². The van der Waals surface area contributed by atoms with Gasteiger partial charge in [0.15, 0.2) is 11.5 Å². The first kappa shape index (κ1) is 38.0. The van der Waals surface area contributed by atoms with E-state index in [-0.39, 0.29) is 54.1 Å². The van der Waals surface area contributed by atoms with Gasteiger partial charge in [0.2, 0.25) is 0 Å². The van der Waals surface area contributed by atoms with E-state index in [1.165, 1.54) is 73.1 Å². The molecule has 0 radical (unpaired) electrons. The summed E-state index contributed by atoms with van der Waals surface area (Å²) in [6.07, 6.45) is 5.16. The van der Waals surface area contributed by atoms with Crippen molar-refractivity contribution in [1.82, 2.24) is 9.97 Å². The largest absolute Gasteiger partial charge is 0.768 e. The fourth-order valence-electron chi connectivity index (χ4n) is 5.09. The second-order valence-electron chi connectivity index (χ2n) is 10.9. The zero-order chi connectivity index (χ0) is 38.9. The Kier molecular flexibility index (Phi) is 10.5. The van der Waals surface area contributed by atoms with E-state index in [4.69, 9.17) is 0 Å². The minimum atomic E-state index is -4.77. The van der Waals surface area contributed by atoms with Crippen molar-refractivity contribution in [2.45, 2.75) is 19.6 Å². The van der Waals surface area contributed by atoms with Crippen LogP contribution in [0.1, 0.15) is 11.1 Å². The molecule has 276 valence electrons. The van der Waals surface area contributed by atoms with Crippen molar-refractivity contribution in [1.29, 1.82) is 0 Å². The summed E-state index contributed by atoms with van der Waals surface area (Å²) in [7, 11) is -9.54. The van der Waals surface area contributed by atoms with Crippen LogP contribution in [0.3, 0.4) is 0 Å². The van der Waals surface area contributed by atoms with Gasteiger partial charge >= 0.3 is 0 Å². The summed E-state index contributed by atoms with van der Waals surface area (Å²) in [5, 5.41) is 36.6. The first-order valence-electron chi connectivity index (χ1n) is 14.7. The maximum absolute atomic E-state index is 12.2. The summed E-state index contributed by atoms with van der Waals surface area (Å²) in [5.74, 6) is -1.10. The van der Waals surface area contributed by atoms with Crippen molar-refractivity contribution >= 4 is 99.1 Å². The number of nitrogens with zero attached hydrogens (tertiary/aromatic N) is 6. The minimum Gasteiger partial charge on any atom is -0.768 e. The van der Waals surface area contributed by atoms with Crippen LogP contribution in [-0.2, 0) is 42.4 Å². The van der Waals surface area contributed by atoms with Gasteiger partial charge in [-0.1, -0.05) is 24.3 Å². The number of aromatic hydroxyl groups is 2. The van der Waals surface area contributed by atoms with Crippen molar-refractivity contribution in [2.75, 3.05) is 0 Å². The van der Waals surface area contributed by atoms with E-state index in [9.17, 15) is 53.7 Å². The number of benzene rings is 4. The van der Waals surface area contributed by atoms with Gasteiger partial charge in [-0.25, -0.2) is 0 Å². The lowest BCUT2D eigenvalue weighted by Gasteiger charge is -2.12. The summed E-state index contributed by atoms with van der Waals surface area (Å²) in [6, 6.07) is 14.7. The number of hydrogen-bond acceptors (Lipinski definition) is 16. The highest BCUT2D eigenvalue weighted by Gasteiger charge is 2.22. The number of fused-ring (bicyclic) bond motifs is 2. The molecule has 2 atom stereocenters. The van der Waals surface area contributed by atoms with Crippen LogP contribution in [0.2, 0.25) is 0 Å².